The number of nitrogens with one attached hydrogen (secondary N) is 1. The molecular weight excluding hydrogens is 498 g/mol. The summed E-state index contributed by atoms with van der Waals surface area (Å²) in [4.78, 5) is 23.4. The molecule has 3 heterocycles. The van der Waals surface area contributed by atoms with Crippen molar-refractivity contribution >= 4 is 23.3 Å². The number of aryl methyl sites for hydroxylation is 1. The first kappa shape index (κ1) is 26.4. The van der Waals surface area contributed by atoms with Gasteiger partial charge in [-0.3, -0.25) is 9.88 Å². The fraction of sp³-hybridized carbons (Fsp3) is 0.414. The third kappa shape index (κ3) is 5.50. The molecular formula is C29H35N5O5. The fourth-order valence-corrected chi connectivity index (χ4v) is 5.45. The number of nitrogen functional groups attached to an aromatic ring is 1. The van der Waals surface area contributed by atoms with Crippen LogP contribution in [0, 0.1) is 5.41 Å². The zero-order valence-electron chi connectivity index (χ0n) is 22.7. The van der Waals surface area contributed by atoms with E-state index in [1.807, 2.05) is 32.9 Å². The van der Waals surface area contributed by atoms with Crippen molar-refractivity contribution in [3.8, 4) is 17.4 Å². The molecule has 2 aromatic heterocycles. The first-order valence-corrected chi connectivity index (χ1v) is 13.1. The normalized spacial score (nSPS) is 17.1. The molecule has 39 heavy (non-hydrogen) atoms. The Labute approximate surface area is 228 Å². The summed E-state index contributed by atoms with van der Waals surface area (Å²) >= 11 is 0. The van der Waals surface area contributed by atoms with Gasteiger partial charge in [-0.15, -0.1) is 0 Å². The zero-order chi connectivity index (χ0) is 27.7. The number of fused-ring (bicyclic) bond motifs is 2. The Hall–Kier alpha value is -4.21. The molecule has 4 N–H and O–H groups in total. The number of nitrogens with zero attached hydrogens (tertiary/aromatic N) is 3. The average molecular weight is 534 g/mol. The number of hydrogen-bond acceptors (Lipinski definition) is 8. The van der Waals surface area contributed by atoms with E-state index in [2.05, 4.69) is 27.4 Å². The summed E-state index contributed by atoms with van der Waals surface area (Å²) in [6.45, 7) is 7.05. The monoisotopic (exact) mass is 533 g/mol. The van der Waals surface area contributed by atoms with Gasteiger partial charge in [0.1, 0.15) is 13.2 Å². The highest BCUT2D eigenvalue weighted by Gasteiger charge is 2.41. The van der Waals surface area contributed by atoms with Gasteiger partial charge in [0, 0.05) is 23.9 Å². The van der Waals surface area contributed by atoms with Gasteiger partial charge < -0.3 is 30.4 Å². The van der Waals surface area contributed by atoms with Crippen molar-refractivity contribution in [3.05, 3.63) is 59.4 Å². The summed E-state index contributed by atoms with van der Waals surface area (Å²) in [6.07, 6.45) is 2.72. The lowest BCUT2D eigenvalue weighted by Gasteiger charge is -2.44. The molecule has 10 nitrogen and oxygen atoms in total. The third-order valence-electron chi connectivity index (χ3n) is 7.23. The predicted molar refractivity (Wildman–Crippen MR) is 148 cm³/mol. The number of hydrogen-bond donors (Lipinski definition) is 3. The molecule has 206 valence electrons. The van der Waals surface area contributed by atoms with Crippen molar-refractivity contribution < 1.29 is 24.1 Å². The van der Waals surface area contributed by atoms with E-state index >= 15 is 0 Å². The zero-order valence-corrected chi connectivity index (χ0v) is 22.7. The Bertz CT molecular complexity index is 1370. The van der Waals surface area contributed by atoms with Crippen LogP contribution in [0.15, 0.2) is 42.6 Å². The minimum Gasteiger partial charge on any atom is -0.486 e. The van der Waals surface area contributed by atoms with Crippen molar-refractivity contribution in [2.45, 2.75) is 52.1 Å². The Morgan fingerprint density at radius 3 is 2.64 bits per heavy atom. The standard InChI is InChI=1S/C29H35N5O5/c1-29(2,3)26(22-15-23-24(16-31-22)39-12-11-38-23)34(28(35)36)20-8-6-17-13-19(7-5-18(17)14-20)32-27-21(30)9-10-25(33-27)37-4/h5,7,9-10,13,15-16,20,26H,6,8,11-12,14,30H2,1-4H3,(H,32,33)(H,35,36). The molecule has 0 spiro atoms. The molecule has 2 atom stereocenters. The summed E-state index contributed by atoms with van der Waals surface area (Å²) in [5.74, 6) is 2.19. The van der Waals surface area contributed by atoms with Gasteiger partial charge >= 0.3 is 6.09 Å². The molecule has 0 saturated carbocycles. The quantitative estimate of drug-likeness (QED) is 0.391. The highest BCUT2D eigenvalue weighted by atomic mass is 16.6. The molecule has 2 aliphatic rings. The lowest BCUT2D eigenvalue weighted by atomic mass is 9.80. The average Bonchev–Trinajstić information content (AvgIpc) is 2.91. The van der Waals surface area contributed by atoms with Gasteiger partial charge in [-0.25, -0.2) is 4.79 Å². The Morgan fingerprint density at radius 2 is 1.92 bits per heavy atom. The van der Waals surface area contributed by atoms with Crippen molar-refractivity contribution in [1.82, 2.24) is 14.9 Å². The van der Waals surface area contributed by atoms with Gasteiger partial charge in [0.25, 0.3) is 0 Å². The van der Waals surface area contributed by atoms with Crippen molar-refractivity contribution in [2.24, 2.45) is 5.41 Å². The maximum atomic E-state index is 12.8. The van der Waals surface area contributed by atoms with E-state index < -0.39 is 17.6 Å². The Morgan fingerprint density at radius 1 is 1.15 bits per heavy atom. The number of methoxy groups -OCH3 is 1. The van der Waals surface area contributed by atoms with Gasteiger partial charge in [-0.05, 0) is 54.0 Å². The Balaban J connectivity index is 1.41. The van der Waals surface area contributed by atoms with Crippen LogP contribution >= 0.6 is 0 Å². The molecule has 0 bridgehead atoms. The van der Waals surface area contributed by atoms with Gasteiger partial charge in [-0.2, -0.15) is 4.98 Å². The van der Waals surface area contributed by atoms with Crippen LogP contribution in [0.25, 0.3) is 0 Å². The summed E-state index contributed by atoms with van der Waals surface area (Å²) < 4.78 is 16.6. The molecule has 1 aliphatic carbocycles. The maximum Gasteiger partial charge on any atom is 0.408 e. The summed E-state index contributed by atoms with van der Waals surface area (Å²) in [5, 5.41) is 13.8. The highest BCUT2D eigenvalue weighted by molar-refractivity contribution is 5.70. The third-order valence-corrected chi connectivity index (χ3v) is 7.23. The molecule has 0 radical (unpaired) electrons. The van der Waals surface area contributed by atoms with Crippen LogP contribution in [0.4, 0.5) is 22.0 Å². The molecule has 2 unspecified atom stereocenters. The lowest BCUT2D eigenvalue weighted by Crippen LogP contribution is -2.49. The lowest BCUT2D eigenvalue weighted by molar-refractivity contribution is 0.0468. The second-order valence-corrected chi connectivity index (χ2v) is 11.0. The molecule has 0 fully saturated rings. The number of aromatic nitrogens is 2. The highest BCUT2D eigenvalue weighted by Crippen LogP contribution is 2.43. The molecule has 1 aliphatic heterocycles. The first-order valence-electron chi connectivity index (χ1n) is 13.1. The van der Waals surface area contributed by atoms with Gasteiger partial charge in [0.2, 0.25) is 5.88 Å². The maximum absolute atomic E-state index is 12.8. The predicted octanol–water partition coefficient (Wildman–Crippen LogP) is 5.21. The van der Waals surface area contributed by atoms with Crippen LogP contribution < -0.4 is 25.3 Å². The van der Waals surface area contributed by atoms with Crippen molar-refractivity contribution in [1.29, 1.82) is 0 Å². The molecule has 5 rings (SSSR count). The van der Waals surface area contributed by atoms with Crippen LogP contribution in [0.3, 0.4) is 0 Å². The molecule has 0 saturated heterocycles. The molecule has 1 aromatic carbocycles. The number of nitrogens with two attached hydrogens (primary N) is 1. The van der Waals surface area contributed by atoms with E-state index in [4.69, 9.17) is 19.9 Å². The minimum absolute atomic E-state index is 0.205. The topological polar surface area (TPSA) is 132 Å². The van der Waals surface area contributed by atoms with Crippen molar-refractivity contribution in [2.75, 3.05) is 31.4 Å². The van der Waals surface area contributed by atoms with Gasteiger partial charge in [0.05, 0.1) is 30.7 Å². The summed E-state index contributed by atoms with van der Waals surface area (Å²) in [6, 6.07) is 10.7. The number of amides is 1. The number of carbonyl (C=O) groups is 1. The SMILES string of the molecule is COc1ccc(N)c(Nc2ccc3c(c2)CCC(N(C(=O)O)C(c2cc4c(cn2)OCCO4)C(C)(C)C)C3)n1. The summed E-state index contributed by atoms with van der Waals surface area (Å²) in [7, 11) is 1.56. The minimum atomic E-state index is -0.960. The fourth-order valence-electron chi connectivity index (χ4n) is 5.45. The van der Waals surface area contributed by atoms with Crippen LogP contribution in [-0.2, 0) is 12.8 Å². The largest absolute Gasteiger partial charge is 0.486 e. The van der Waals surface area contributed by atoms with E-state index in [0.717, 1.165) is 17.7 Å². The van der Waals surface area contributed by atoms with Crippen LogP contribution in [0.5, 0.6) is 17.4 Å². The van der Waals surface area contributed by atoms with E-state index in [1.165, 1.54) is 5.56 Å². The van der Waals surface area contributed by atoms with Gasteiger partial charge in [-0.1, -0.05) is 26.8 Å². The molecule has 10 heteroatoms. The number of ether oxygens (including phenoxy) is 3. The van der Waals surface area contributed by atoms with E-state index in [-0.39, 0.29) is 6.04 Å². The second kappa shape index (κ2) is 10.5. The molecule has 1 amide bonds. The van der Waals surface area contributed by atoms with Crippen LogP contribution in [-0.4, -0.2) is 52.4 Å². The van der Waals surface area contributed by atoms with Gasteiger partial charge in [0.15, 0.2) is 17.3 Å². The number of anilines is 3. The van der Waals surface area contributed by atoms with Crippen LogP contribution in [0.2, 0.25) is 0 Å². The summed E-state index contributed by atoms with van der Waals surface area (Å²) in [5.41, 5.74) is 10.0. The van der Waals surface area contributed by atoms with E-state index in [1.54, 1.807) is 30.3 Å². The first-order chi connectivity index (χ1) is 18.6. The van der Waals surface area contributed by atoms with Crippen LogP contribution in [0.1, 0.15) is 50.1 Å². The van der Waals surface area contributed by atoms with Crippen molar-refractivity contribution in [3.63, 3.8) is 0 Å². The number of benzene rings is 1. The number of carboxylic acid groups (broad SMARTS) is 1. The second-order valence-electron chi connectivity index (χ2n) is 11.0. The number of pyridine rings is 2. The Kier molecular flexibility index (Phi) is 7.12. The molecule has 3 aromatic rings. The van der Waals surface area contributed by atoms with E-state index in [9.17, 15) is 9.90 Å². The number of rotatable bonds is 6. The van der Waals surface area contributed by atoms with E-state index in [0.29, 0.717) is 60.6 Å². The smallest absolute Gasteiger partial charge is 0.408 e.